The molecule has 1 heterocycles. The highest BCUT2D eigenvalue weighted by Crippen LogP contribution is 2.37. The maximum absolute atomic E-state index is 5.69. The zero-order chi connectivity index (χ0) is 7.68. The van der Waals surface area contributed by atoms with Crippen LogP contribution in [-0.4, -0.2) is 12.7 Å². The Balaban J connectivity index is 2.00. The van der Waals surface area contributed by atoms with E-state index in [-0.39, 0.29) is 0 Å². The molecule has 1 nitrogen and oxygen atoms in total. The fourth-order valence-electron chi connectivity index (χ4n) is 2.04. The van der Waals surface area contributed by atoms with Crippen molar-refractivity contribution in [2.24, 2.45) is 5.92 Å². The van der Waals surface area contributed by atoms with E-state index in [0.29, 0.717) is 6.10 Å². The Hall–Kier alpha value is -0.300. The molecule has 1 heteroatoms. The molecule has 0 aromatic carbocycles. The predicted octanol–water partition coefficient (Wildman–Crippen LogP) is 2.52. The lowest BCUT2D eigenvalue weighted by atomic mass is 9.79. The molecule has 0 aromatic rings. The average Bonchev–Trinajstić information content (AvgIpc) is 2.32. The van der Waals surface area contributed by atoms with Gasteiger partial charge in [-0.05, 0) is 37.7 Å². The van der Waals surface area contributed by atoms with Gasteiger partial charge in [0.05, 0.1) is 12.7 Å². The lowest BCUT2D eigenvalue weighted by Crippen LogP contribution is -2.27. The highest BCUT2D eigenvalue weighted by atomic mass is 16.5. The summed E-state index contributed by atoms with van der Waals surface area (Å²) in [5.74, 6) is 0.865. The molecule has 0 amide bonds. The van der Waals surface area contributed by atoms with Gasteiger partial charge in [-0.25, -0.2) is 0 Å². The normalized spacial score (nSPS) is 36.1. The van der Waals surface area contributed by atoms with Gasteiger partial charge >= 0.3 is 0 Å². The summed E-state index contributed by atoms with van der Waals surface area (Å²) in [5.41, 5.74) is 1.55. The zero-order valence-corrected chi connectivity index (χ0v) is 7.18. The largest absolute Gasteiger partial charge is 0.373 e. The van der Waals surface area contributed by atoms with Crippen LogP contribution in [0.3, 0.4) is 0 Å². The second-order valence-electron chi connectivity index (χ2n) is 3.60. The summed E-state index contributed by atoms with van der Waals surface area (Å²) in [6, 6.07) is 0. The molecule has 0 spiro atoms. The van der Waals surface area contributed by atoms with Crippen LogP contribution in [0.1, 0.15) is 32.6 Å². The molecular weight excluding hydrogens is 136 g/mol. The van der Waals surface area contributed by atoms with E-state index in [1.54, 1.807) is 5.57 Å². The molecule has 1 saturated heterocycles. The van der Waals surface area contributed by atoms with E-state index in [1.807, 2.05) is 0 Å². The summed E-state index contributed by atoms with van der Waals surface area (Å²) in [4.78, 5) is 0. The number of hydrogen-bond donors (Lipinski definition) is 0. The molecule has 2 aliphatic rings. The summed E-state index contributed by atoms with van der Waals surface area (Å²) >= 11 is 0. The van der Waals surface area contributed by atoms with Crippen LogP contribution in [-0.2, 0) is 4.74 Å². The van der Waals surface area contributed by atoms with E-state index in [9.17, 15) is 0 Å². The van der Waals surface area contributed by atoms with Gasteiger partial charge in [-0.15, -0.1) is 0 Å². The second kappa shape index (κ2) is 2.98. The van der Waals surface area contributed by atoms with Crippen molar-refractivity contribution in [1.29, 1.82) is 0 Å². The van der Waals surface area contributed by atoms with Crippen molar-refractivity contribution >= 4 is 0 Å². The Bertz CT molecular complexity index is 168. The third kappa shape index (κ3) is 1.22. The van der Waals surface area contributed by atoms with Gasteiger partial charge in [0, 0.05) is 0 Å². The van der Waals surface area contributed by atoms with Crippen molar-refractivity contribution in [2.45, 2.75) is 38.7 Å². The zero-order valence-electron chi connectivity index (χ0n) is 7.18. The van der Waals surface area contributed by atoms with Gasteiger partial charge < -0.3 is 4.74 Å². The van der Waals surface area contributed by atoms with Crippen LogP contribution in [0.4, 0.5) is 0 Å². The molecular formula is C10H16O. The SMILES string of the molecule is C/C=C1/CCOC1C1CCC1. The summed E-state index contributed by atoms with van der Waals surface area (Å²) in [5, 5.41) is 0. The minimum Gasteiger partial charge on any atom is -0.373 e. The van der Waals surface area contributed by atoms with Crippen LogP contribution in [0.25, 0.3) is 0 Å². The maximum atomic E-state index is 5.69. The average molecular weight is 152 g/mol. The van der Waals surface area contributed by atoms with Gasteiger partial charge in [0.25, 0.3) is 0 Å². The van der Waals surface area contributed by atoms with Crippen molar-refractivity contribution in [1.82, 2.24) is 0 Å². The molecule has 1 aliphatic carbocycles. The van der Waals surface area contributed by atoms with E-state index in [0.717, 1.165) is 12.5 Å². The van der Waals surface area contributed by atoms with Crippen molar-refractivity contribution in [3.05, 3.63) is 11.6 Å². The molecule has 0 aromatic heterocycles. The summed E-state index contributed by atoms with van der Waals surface area (Å²) in [6.07, 6.45) is 8.13. The molecule has 1 unspecified atom stereocenters. The van der Waals surface area contributed by atoms with Gasteiger partial charge in [-0.1, -0.05) is 12.5 Å². The van der Waals surface area contributed by atoms with E-state index < -0.39 is 0 Å². The maximum Gasteiger partial charge on any atom is 0.0814 e. The minimum absolute atomic E-state index is 0.508. The van der Waals surface area contributed by atoms with Gasteiger partial charge in [0.15, 0.2) is 0 Å². The standard InChI is InChI=1S/C10H16O/c1-2-8-6-7-11-10(8)9-4-3-5-9/h2,9-10H,3-7H2,1H3/b8-2-. The Morgan fingerprint density at radius 3 is 2.82 bits per heavy atom. The molecule has 2 rings (SSSR count). The fraction of sp³-hybridized carbons (Fsp3) is 0.800. The van der Waals surface area contributed by atoms with Gasteiger partial charge in [-0.3, -0.25) is 0 Å². The first kappa shape index (κ1) is 7.35. The Morgan fingerprint density at radius 2 is 2.27 bits per heavy atom. The smallest absolute Gasteiger partial charge is 0.0814 e. The summed E-state index contributed by atoms with van der Waals surface area (Å²) < 4.78 is 5.69. The molecule has 1 atom stereocenters. The number of hydrogen-bond acceptors (Lipinski definition) is 1. The van der Waals surface area contributed by atoms with Gasteiger partial charge in [0.1, 0.15) is 0 Å². The van der Waals surface area contributed by atoms with E-state index in [4.69, 9.17) is 4.74 Å². The van der Waals surface area contributed by atoms with Gasteiger partial charge in [-0.2, -0.15) is 0 Å². The quantitative estimate of drug-likeness (QED) is 0.525. The monoisotopic (exact) mass is 152 g/mol. The first-order chi connectivity index (χ1) is 5.42. The van der Waals surface area contributed by atoms with Crippen molar-refractivity contribution in [2.75, 3.05) is 6.61 Å². The van der Waals surface area contributed by atoms with Crippen molar-refractivity contribution in [3.8, 4) is 0 Å². The van der Waals surface area contributed by atoms with Crippen LogP contribution < -0.4 is 0 Å². The topological polar surface area (TPSA) is 9.23 Å². The van der Waals surface area contributed by atoms with E-state index in [1.165, 1.54) is 25.7 Å². The predicted molar refractivity (Wildman–Crippen MR) is 45.5 cm³/mol. The Morgan fingerprint density at radius 1 is 1.45 bits per heavy atom. The lowest BCUT2D eigenvalue weighted by Gasteiger charge is -2.31. The van der Waals surface area contributed by atoms with Crippen LogP contribution in [0, 0.1) is 5.92 Å². The second-order valence-corrected chi connectivity index (χ2v) is 3.60. The molecule has 62 valence electrons. The highest BCUT2D eigenvalue weighted by Gasteiger charge is 2.33. The lowest BCUT2D eigenvalue weighted by molar-refractivity contribution is 0.0460. The molecule has 0 bridgehead atoms. The van der Waals surface area contributed by atoms with Crippen molar-refractivity contribution < 1.29 is 4.74 Å². The molecule has 1 saturated carbocycles. The summed E-state index contributed by atoms with van der Waals surface area (Å²) in [7, 11) is 0. The molecule has 2 fully saturated rings. The molecule has 0 radical (unpaired) electrons. The fourth-order valence-corrected chi connectivity index (χ4v) is 2.04. The first-order valence-corrected chi connectivity index (χ1v) is 4.68. The third-order valence-corrected chi connectivity index (χ3v) is 3.00. The Labute approximate surface area is 68.4 Å². The molecule has 0 N–H and O–H groups in total. The van der Waals surface area contributed by atoms with Crippen LogP contribution in [0.5, 0.6) is 0 Å². The van der Waals surface area contributed by atoms with Crippen LogP contribution in [0.15, 0.2) is 11.6 Å². The molecule has 11 heavy (non-hydrogen) atoms. The van der Waals surface area contributed by atoms with Crippen LogP contribution >= 0.6 is 0 Å². The van der Waals surface area contributed by atoms with Gasteiger partial charge in [0.2, 0.25) is 0 Å². The minimum atomic E-state index is 0.508. The van der Waals surface area contributed by atoms with Crippen molar-refractivity contribution in [3.63, 3.8) is 0 Å². The van der Waals surface area contributed by atoms with Crippen LogP contribution in [0.2, 0.25) is 0 Å². The Kier molecular flexibility index (Phi) is 1.99. The van der Waals surface area contributed by atoms with E-state index >= 15 is 0 Å². The number of ether oxygens (including phenoxy) is 1. The highest BCUT2D eigenvalue weighted by molar-refractivity contribution is 5.13. The number of rotatable bonds is 1. The number of allylic oxidation sites excluding steroid dienone is 1. The first-order valence-electron chi connectivity index (χ1n) is 4.68. The summed E-state index contributed by atoms with van der Waals surface area (Å²) in [6.45, 7) is 3.09. The molecule has 1 aliphatic heterocycles. The van der Waals surface area contributed by atoms with E-state index in [2.05, 4.69) is 13.0 Å². The third-order valence-electron chi connectivity index (χ3n) is 3.00.